The molecule has 32 heavy (non-hydrogen) atoms. The van der Waals surface area contributed by atoms with Gasteiger partial charge in [-0.15, -0.1) is 11.3 Å². The molecule has 0 spiro atoms. The van der Waals surface area contributed by atoms with Crippen molar-refractivity contribution in [3.63, 3.8) is 0 Å². The Bertz CT molecular complexity index is 1290. The average molecular weight is 461 g/mol. The number of carbonyl (C=O) groups is 1. The molecule has 5 rings (SSSR count). The lowest BCUT2D eigenvalue weighted by molar-refractivity contribution is -0.122. The molecule has 1 aliphatic heterocycles. The summed E-state index contributed by atoms with van der Waals surface area (Å²) in [5.74, 6) is 0.361. The molecular weight excluding hydrogens is 436 g/mol. The maximum Gasteiger partial charge on any atom is 0.297 e. The first-order valence-corrected chi connectivity index (χ1v) is 12.2. The molecule has 4 nitrogen and oxygen atoms in total. The highest BCUT2D eigenvalue weighted by Crippen LogP contribution is 2.52. The highest BCUT2D eigenvalue weighted by molar-refractivity contribution is 7.80. The van der Waals surface area contributed by atoms with Crippen molar-refractivity contribution >= 4 is 56.0 Å². The quantitative estimate of drug-likeness (QED) is 0.320. The number of para-hydroxylation sites is 1. The fraction of sp³-hybridized carbons (Fsp3) is 0.269. The second-order valence-electron chi connectivity index (χ2n) is 8.10. The van der Waals surface area contributed by atoms with Gasteiger partial charge < -0.3 is 4.74 Å². The van der Waals surface area contributed by atoms with Crippen LogP contribution in [0.25, 0.3) is 21.4 Å². The first-order chi connectivity index (χ1) is 15.5. The van der Waals surface area contributed by atoms with Crippen LogP contribution < -0.4 is 0 Å². The van der Waals surface area contributed by atoms with Crippen LogP contribution in [0.4, 0.5) is 0 Å². The smallest absolute Gasteiger partial charge is 0.297 e. The van der Waals surface area contributed by atoms with Crippen molar-refractivity contribution in [1.29, 1.82) is 0 Å². The molecule has 2 aromatic carbocycles. The van der Waals surface area contributed by atoms with E-state index in [1.54, 1.807) is 11.3 Å². The van der Waals surface area contributed by atoms with Crippen LogP contribution in [0.1, 0.15) is 55.7 Å². The minimum atomic E-state index is -0.137. The topological polar surface area (TPSA) is 42.4 Å². The molecule has 1 fully saturated rings. The van der Waals surface area contributed by atoms with E-state index in [1.165, 1.54) is 31.9 Å². The molecule has 1 aromatic heterocycles. The Hall–Kier alpha value is -2.83. The summed E-state index contributed by atoms with van der Waals surface area (Å²) in [4.78, 5) is 19.3. The minimum absolute atomic E-state index is 0.120. The molecule has 1 atom stereocenters. The van der Waals surface area contributed by atoms with Gasteiger partial charge in [0, 0.05) is 12.5 Å². The van der Waals surface area contributed by atoms with Crippen LogP contribution >= 0.6 is 23.6 Å². The van der Waals surface area contributed by atoms with Crippen molar-refractivity contribution in [3.05, 3.63) is 76.0 Å². The van der Waals surface area contributed by atoms with Gasteiger partial charge in [0.25, 0.3) is 11.1 Å². The molecule has 2 heterocycles. The highest BCUT2D eigenvalue weighted by Gasteiger charge is 2.37. The number of allylic oxidation sites excluding steroid dienone is 3. The first kappa shape index (κ1) is 21.0. The predicted octanol–water partition coefficient (Wildman–Crippen LogP) is 6.54. The lowest BCUT2D eigenvalue weighted by Gasteiger charge is -2.17. The Labute approximate surface area is 197 Å². The van der Waals surface area contributed by atoms with Crippen LogP contribution in [0.3, 0.4) is 0 Å². The van der Waals surface area contributed by atoms with E-state index in [-0.39, 0.29) is 17.0 Å². The molecule has 0 saturated carbocycles. The standard InChI is InChI=1S/C26H24N2O2S2/c1-4-16-17-10-6-7-11-18(17)19(14-15(3)23-25(29)28(5-2)26(31)30-23)22(16)24-27-20-12-8-9-13-21(20)32-24/h6-13,19H,4-5,14H2,1-3H3. The molecule has 3 aromatic rings. The Morgan fingerprint density at radius 3 is 2.62 bits per heavy atom. The van der Waals surface area contributed by atoms with E-state index in [0.29, 0.717) is 18.7 Å². The van der Waals surface area contributed by atoms with Crippen molar-refractivity contribution in [2.24, 2.45) is 0 Å². The van der Waals surface area contributed by atoms with Gasteiger partial charge >= 0.3 is 0 Å². The fourth-order valence-corrected chi connectivity index (χ4v) is 6.17. The molecule has 162 valence electrons. The van der Waals surface area contributed by atoms with Crippen LogP contribution in [-0.4, -0.2) is 27.5 Å². The number of amides is 1. The van der Waals surface area contributed by atoms with Gasteiger partial charge in [-0.05, 0) is 78.9 Å². The number of thiocarbonyl (C=S) groups is 1. The maximum absolute atomic E-state index is 12.8. The SMILES string of the molecule is CCC1=C(c2nc3ccccc3s2)C(CC(C)=C2OC(=S)N(CC)C2=O)c2ccccc21. The summed E-state index contributed by atoms with van der Waals surface area (Å²) in [6, 6.07) is 16.9. The lowest BCUT2D eigenvalue weighted by atomic mass is 9.89. The zero-order valence-corrected chi connectivity index (χ0v) is 20.0. The molecule has 0 bridgehead atoms. The summed E-state index contributed by atoms with van der Waals surface area (Å²) in [7, 11) is 0. The Balaban J connectivity index is 1.62. The maximum atomic E-state index is 12.8. The zero-order chi connectivity index (χ0) is 22.4. The number of ether oxygens (including phenoxy) is 1. The fourth-order valence-electron chi connectivity index (χ4n) is 4.78. The number of nitrogens with zero attached hydrogens (tertiary/aromatic N) is 2. The molecular formula is C26H24N2O2S2. The largest absolute Gasteiger partial charge is 0.426 e. The summed E-state index contributed by atoms with van der Waals surface area (Å²) < 4.78 is 6.93. The molecule has 1 amide bonds. The third-order valence-electron chi connectivity index (χ3n) is 6.28. The van der Waals surface area contributed by atoms with Crippen LogP contribution in [0.5, 0.6) is 0 Å². The number of rotatable bonds is 5. The minimum Gasteiger partial charge on any atom is -0.426 e. The second-order valence-corrected chi connectivity index (χ2v) is 9.48. The van der Waals surface area contributed by atoms with E-state index in [2.05, 4.69) is 49.4 Å². The van der Waals surface area contributed by atoms with Gasteiger partial charge in [0.15, 0.2) is 5.76 Å². The number of likely N-dealkylation sites (N-methyl/N-ethyl adjacent to an activating group) is 1. The van der Waals surface area contributed by atoms with Crippen molar-refractivity contribution in [2.45, 2.75) is 39.5 Å². The summed E-state index contributed by atoms with van der Waals surface area (Å²) in [6.07, 6.45) is 1.62. The molecule has 1 saturated heterocycles. The normalized spacial score (nSPS) is 19.7. The Kier molecular flexibility index (Phi) is 5.43. The van der Waals surface area contributed by atoms with Crippen molar-refractivity contribution in [3.8, 4) is 0 Å². The van der Waals surface area contributed by atoms with E-state index in [9.17, 15) is 4.79 Å². The van der Waals surface area contributed by atoms with Crippen molar-refractivity contribution < 1.29 is 9.53 Å². The van der Waals surface area contributed by atoms with Crippen LogP contribution in [-0.2, 0) is 9.53 Å². The third kappa shape index (κ3) is 3.29. The monoisotopic (exact) mass is 460 g/mol. The van der Waals surface area contributed by atoms with Gasteiger partial charge in [-0.1, -0.05) is 43.3 Å². The van der Waals surface area contributed by atoms with Crippen LogP contribution in [0, 0.1) is 0 Å². The third-order valence-corrected chi connectivity index (χ3v) is 7.65. The van der Waals surface area contributed by atoms with Crippen molar-refractivity contribution in [2.75, 3.05) is 6.54 Å². The van der Waals surface area contributed by atoms with E-state index < -0.39 is 0 Å². The summed E-state index contributed by atoms with van der Waals surface area (Å²) >= 11 is 7.00. The average Bonchev–Trinajstić information content (AvgIpc) is 3.45. The number of aromatic nitrogens is 1. The first-order valence-electron chi connectivity index (χ1n) is 10.9. The van der Waals surface area contributed by atoms with Gasteiger partial charge in [-0.2, -0.15) is 0 Å². The molecule has 1 aliphatic carbocycles. The van der Waals surface area contributed by atoms with E-state index >= 15 is 0 Å². The highest BCUT2D eigenvalue weighted by atomic mass is 32.1. The zero-order valence-electron chi connectivity index (χ0n) is 18.3. The number of hydrogen-bond donors (Lipinski definition) is 0. The predicted molar refractivity (Wildman–Crippen MR) is 134 cm³/mol. The van der Waals surface area contributed by atoms with E-state index in [1.807, 2.05) is 19.9 Å². The lowest BCUT2D eigenvalue weighted by Crippen LogP contribution is -2.28. The van der Waals surface area contributed by atoms with Crippen molar-refractivity contribution in [1.82, 2.24) is 9.88 Å². The van der Waals surface area contributed by atoms with Gasteiger partial charge in [0.1, 0.15) is 5.01 Å². The molecule has 2 aliphatic rings. The van der Waals surface area contributed by atoms with Gasteiger partial charge in [0.2, 0.25) is 0 Å². The summed E-state index contributed by atoms with van der Waals surface area (Å²) in [6.45, 7) is 6.60. The Morgan fingerprint density at radius 1 is 1.16 bits per heavy atom. The molecule has 6 heteroatoms. The van der Waals surface area contributed by atoms with Crippen LogP contribution in [0.15, 0.2) is 59.9 Å². The molecule has 0 N–H and O–H groups in total. The van der Waals surface area contributed by atoms with Crippen LogP contribution in [0.2, 0.25) is 0 Å². The second kappa shape index (κ2) is 8.26. The van der Waals surface area contributed by atoms with Gasteiger partial charge in [-0.3, -0.25) is 9.69 Å². The van der Waals surface area contributed by atoms with E-state index in [4.69, 9.17) is 21.9 Å². The van der Waals surface area contributed by atoms with Gasteiger partial charge in [-0.25, -0.2) is 4.98 Å². The summed E-state index contributed by atoms with van der Waals surface area (Å²) in [5, 5.41) is 1.31. The number of fused-ring (bicyclic) bond motifs is 2. The summed E-state index contributed by atoms with van der Waals surface area (Å²) in [5.41, 5.74) is 7.14. The number of carbonyl (C=O) groups excluding carboxylic acids is 1. The molecule has 0 radical (unpaired) electrons. The molecule has 1 unspecified atom stereocenters. The van der Waals surface area contributed by atoms with Gasteiger partial charge in [0.05, 0.1) is 10.2 Å². The number of hydrogen-bond acceptors (Lipinski definition) is 5. The van der Waals surface area contributed by atoms with E-state index in [0.717, 1.165) is 22.5 Å². The number of thiazole rings is 1. The Morgan fingerprint density at radius 2 is 1.91 bits per heavy atom. The number of benzene rings is 2.